The molecule has 6 rings (SSSR count). The number of allylic oxidation sites excluding steroid dienone is 1. The first-order chi connectivity index (χ1) is 24.7. The number of hydrogen-bond acceptors (Lipinski definition) is 9. The van der Waals surface area contributed by atoms with E-state index in [0.717, 1.165) is 0 Å². The summed E-state index contributed by atoms with van der Waals surface area (Å²) in [7, 11) is 3.06. The molecule has 0 radical (unpaired) electrons. The van der Waals surface area contributed by atoms with Crippen LogP contribution in [-0.4, -0.2) is 97.5 Å². The summed E-state index contributed by atoms with van der Waals surface area (Å²) in [4.78, 5) is 60.7. The number of anilines is 1. The summed E-state index contributed by atoms with van der Waals surface area (Å²) in [6, 6.07) is 13.4. The lowest BCUT2D eigenvalue weighted by Crippen LogP contribution is -2.59. The average Bonchev–Trinajstić information content (AvgIpc) is 3.79. The van der Waals surface area contributed by atoms with E-state index in [2.05, 4.69) is 5.32 Å². The van der Waals surface area contributed by atoms with E-state index in [4.69, 9.17) is 18.9 Å². The van der Waals surface area contributed by atoms with E-state index in [-0.39, 0.29) is 38.0 Å². The van der Waals surface area contributed by atoms with Gasteiger partial charge in [0.25, 0.3) is 5.91 Å². The van der Waals surface area contributed by atoms with Crippen molar-refractivity contribution in [2.24, 2.45) is 17.8 Å². The lowest BCUT2D eigenvalue weighted by Gasteiger charge is -2.40. The molecule has 2 saturated heterocycles. The molecule has 12 nitrogen and oxygen atoms in total. The quantitative estimate of drug-likeness (QED) is 0.297. The Labute approximate surface area is 298 Å². The summed E-state index contributed by atoms with van der Waals surface area (Å²) in [6.07, 6.45) is 6.51. The maximum Gasteiger partial charge on any atom is 0.313 e. The van der Waals surface area contributed by atoms with Gasteiger partial charge in [-0.3, -0.25) is 19.2 Å². The number of amides is 3. The lowest BCUT2D eigenvalue weighted by molar-refractivity contribution is -0.162. The molecule has 3 amide bonds. The molecule has 9 atom stereocenters. The van der Waals surface area contributed by atoms with Gasteiger partial charge in [0.05, 0.1) is 44.4 Å². The summed E-state index contributed by atoms with van der Waals surface area (Å²) in [5, 5.41) is 13.8. The van der Waals surface area contributed by atoms with E-state index in [9.17, 15) is 19.5 Å². The molecule has 5 bridgehead atoms. The van der Waals surface area contributed by atoms with Crippen molar-refractivity contribution < 1.29 is 43.2 Å². The van der Waals surface area contributed by atoms with Crippen LogP contribution in [-0.2, 0) is 33.4 Å². The number of hydrogen-bond donors (Lipinski definition) is 2. The molecule has 2 aromatic carbocycles. The van der Waals surface area contributed by atoms with Crippen LogP contribution in [0.2, 0.25) is 0 Å². The molecular weight excluding hydrogens is 654 g/mol. The number of aliphatic hydroxyl groups is 1. The Morgan fingerprint density at radius 2 is 1.76 bits per heavy atom. The van der Waals surface area contributed by atoms with Crippen molar-refractivity contribution in [2.45, 2.75) is 69.0 Å². The van der Waals surface area contributed by atoms with Crippen molar-refractivity contribution in [3.8, 4) is 5.75 Å². The first-order valence-corrected chi connectivity index (χ1v) is 17.6. The van der Waals surface area contributed by atoms with Gasteiger partial charge in [-0.1, -0.05) is 74.9 Å². The second-order valence-corrected chi connectivity index (χ2v) is 13.6. The molecule has 4 heterocycles. The third kappa shape index (κ3) is 6.68. The molecule has 0 saturated carbocycles. The second kappa shape index (κ2) is 15.4. The van der Waals surface area contributed by atoms with Gasteiger partial charge in [0.2, 0.25) is 11.8 Å². The summed E-state index contributed by atoms with van der Waals surface area (Å²) in [5.41, 5.74) is -0.299. The minimum atomic E-state index is -1.49. The number of methoxy groups -OCH3 is 2. The largest absolute Gasteiger partial charge is 0.497 e. The van der Waals surface area contributed by atoms with E-state index in [1.54, 1.807) is 60.6 Å². The molecule has 0 aliphatic carbocycles. The summed E-state index contributed by atoms with van der Waals surface area (Å²) in [5.74, 6) is -3.59. The third-order valence-electron chi connectivity index (χ3n) is 10.7. The van der Waals surface area contributed by atoms with Gasteiger partial charge in [-0.15, -0.1) is 0 Å². The summed E-state index contributed by atoms with van der Waals surface area (Å²) >= 11 is 0. The number of ether oxygens (including phenoxy) is 4. The fourth-order valence-electron chi connectivity index (χ4n) is 7.97. The molecule has 51 heavy (non-hydrogen) atoms. The average molecular weight is 702 g/mol. The molecule has 2 aromatic rings. The van der Waals surface area contributed by atoms with Crippen LogP contribution in [0.15, 0.2) is 78.9 Å². The third-order valence-corrected chi connectivity index (χ3v) is 10.7. The van der Waals surface area contributed by atoms with Crippen molar-refractivity contribution >= 4 is 29.4 Å². The highest BCUT2D eigenvalue weighted by molar-refractivity contribution is 6.05. The Bertz CT molecular complexity index is 1650. The highest BCUT2D eigenvalue weighted by atomic mass is 16.6. The molecule has 2 N–H and O–H groups in total. The molecule has 272 valence electrons. The van der Waals surface area contributed by atoms with Crippen LogP contribution in [0.25, 0.3) is 0 Å². The minimum absolute atomic E-state index is 0.0550. The zero-order valence-corrected chi connectivity index (χ0v) is 29.5. The number of carbonyl (C=O) groups is 4. The second-order valence-electron chi connectivity index (χ2n) is 13.6. The molecule has 0 unspecified atom stereocenters. The SMILES string of the molecule is CC[C@H](C)[C@H](CO)N1C(=O)[C@@H]2[C@H]3C(=O)O[C@@H](c4ccccc4)[C@H](COC)NC(=O)CC/C=C\CN(c4ccc(OC)cc4)C(=O)[C@@H]1[C@]21C=C[C@H]3O1. The predicted octanol–water partition coefficient (Wildman–Crippen LogP) is 3.35. The predicted molar refractivity (Wildman–Crippen MR) is 187 cm³/mol. The Kier molecular flexibility index (Phi) is 10.9. The fraction of sp³-hybridized carbons (Fsp3) is 0.487. The minimum Gasteiger partial charge on any atom is -0.497 e. The summed E-state index contributed by atoms with van der Waals surface area (Å²) in [6.45, 7) is 3.69. The number of benzene rings is 2. The fourth-order valence-corrected chi connectivity index (χ4v) is 7.97. The van der Waals surface area contributed by atoms with Crippen molar-refractivity contribution in [2.75, 3.05) is 38.9 Å². The number of rotatable bonds is 9. The van der Waals surface area contributed by atoms with Crippen molar-refractivity contribution in [1.82, 2.24) is 10.2 Å². The molecule has 12 heteroatoms. The zero-order valence-electron chi connectivity index (χ0n) is 29.5. The zero-order chi connectivity index (χ0) is 36.3. The van der Waals surface area contributed by atoms with Crippen LogP contribution >= 0.6 is 0 Å². The van der Waals surface area contributed by atoms with Gasteiger partial charge in [-0.05, 0) is 42.2 Å². The Morgan fingerprint density at radius 3 is 2.43 bits per heavy atom. The maximum atomic E-state index is 15.1. The first-order valence-electron chi connectivity index (χ1n) is 17.6. The van der Waals surface area contributed by atoms with Gasteiger partial charge in [0.15, 0.2) is 0 Å². The molecule has 0 aromatic heterocycles. The first kappa shape index (κ1) is 36.3. The van der Waals surface area contributed by atoms with Crippen LogP contribution in [0.3, 0.4) is 0 Å². The summed E-state index contributed by atoms with van der Waals surface area (Å²) < 4.78 is 23.8. The monoisotopic (exact) mass is 701 g/mol. The van der Waals surface area contributed by atoms with Gasteiger partial charge in [0.1, 0.15) is 29.4 Å². The molecule has 1 spiro atoms. The van der Waals surface area contributed by atoms with Crippen molar-refractivity contribution in [3.63, 3.8) is 0 Å². The van der Waals surface area contributed by atoms with Crippen LogP contribution in [0.5, 0.6) is 5.75 Å². The standard InChI is InChI=1S/C39H47N3O9/c1-5-24(2)29(22-43)42-35-37(46)41(26-15-17-27(49-4)18-16-26)21-11-7-10-14-31(44)40-28(23-48-3)34(25-12-8-6-9-13-25)50-38(47)32-30-19-20-39(35,51-30)33(32)36(42)45/h6-9,11-13,15-20,24,28-30,32-35,43H,5,10,14,21-23H2,1-4H3,(H,40,44)/b11-7-/t24-,28-,29-,30+,32-,33-,34-,35+,39-/m0/s1. The number of cyclic esters (lactones) is 1. The van der Waals surface area contributed by atoms with Gasteiger partial charge in [-0.25, -0.2) is 0 Å². The van der Waals surface area contributed by atoms with Gasteiger partial charge in [0, 0.05) is 25.8 Å². The number of carbonyl (C=O) groups excluding carboxylic acids is 4. The van der Waals surface area contributed by atoms with Crippen LogP contribution in [0.1, 0.15) is 44.8 Å². The number of fused-ring (bicyclic) bond motifs is 2. The highest BCUT2D eigenvalue weighted by Gasteiger charge is 2.74. The van der Waals surface area contributed by atoms with E-state index >= 15 is 4.79 Å². The van der Waals surface area contributed by atoms with Crippen molar-refractivity contribution in [3.05, 3.63) is 84.5 Å². The van der Waals surface area contributed by atoms with E-state index in [0.29, 0.717) is 29.8 Å². The Balaban J connectivity index is 1.49. The van der Waals surface area contributed by atoms with E-state index in [1.165, 1.54) is 12.0 Å². The molecular formula is C39H47N3O9. The van der Waals surface area contributed by atoms with E-state index in [1.807, 2.05) is 44.2 Å². The maximum absolute atomic E-state index is 15.1. The number of esters is 1. The number of aliphatic hydroxyl groups excluding tert-OH is 1. The number of nitrogens with one attached hydrogen (secondary N) is 1. The van der Waals surface area contributed by atoms with E-state index < -0.39 is 65.6 Å². The number of nitrogens with zero attached hydrogens (tertiary/aromatic N) is 2. The molecule has 2 fully saturated rings. The van der Waals surface area contributed by atoms with Crippen LogP contribution in [0, 0.1) is 17.8 Å². The molecule has 4 aliphatic heterocycles. The van der Waals surface area contributed by atoms with Gasteiger partial charge in [-0.2, -0.15) is 0 Å². The normalized spacial score (nSPS) is 31.2. The number of likely N-dealkylation sites (tertiary alicyclic amines) is 1. The van der Waals surface area contributed by atoms with Crippen LogP contribution < -0.4 is 15.0 Å². The topological polar surface area (TPSA) is 144 Å². The Morgan fingerprint density at radius 1 is 1.02 bits per heavy atom. The van der Waals surface area contributed by atoms with Gasteiger partial charge < -0.3 is 39.2 Å². The Hall–Kier alpha value is -4.52. The van der Waals surface area contributed by atoms with Crippen LogP contribution in [0.4, 0.5) is 5.69 Å². The molecule has 4 aliphatic rings. The smallest absolute Gasteiger partial charge is 0.313 e. The lowest BCUT2D eigenvalue weighted by atomic mass is 9.74. The van der Waals surface area contributed by atoms with Gasteiger partial charge >= 0.3 is 5.97 Å². The highest BCUT2D eigenvalue weighted by Crippen LogP contribution is 2.57. The van der Waals surface area contributed by atoms with Crippen molar-refractivity contribution in [1.29, 1.82) is 0 Å².